The lowest BCUT2D eigenvalue weighted by Gasteiger charge is -2.09. The predicted octanol–water partition coefficient (Wildman–Crippen LogP) is 6.77. The van der Waals surface area contributed by atoms with E-state index in [1.54, 1.807) is 18.3 Å². The van der Waals surface area contributed by atoms with E-state index in [0.29, 0.717) is 0 Å². The minimum Gasteiger partial charge on any atom is -0.258 e. The number of benzene rings is 4. The lowest BCUT2D eigenvalue weighted by atomic mass is 10.00. The van der Waals surface area contributed by atoms with Crippen LogP contribution in [0.5, 0.6) is 0 Å². The molecule has 0 saturated carbocycles. The molecule has 0 N–H and O–H groups in total. The molecule has 5 nitrogen and oxygen atoms in total. The molecular weight excluding hydrogens is 434 g/mol. The van der Waals surface area contributed by atoms with Gasteiger partial charge in [-0.05, 0) is 62.9 Å². The Morgan fingerprint density at radius 3 is 1.51 bits per heavy atom. The molecule has 0 spiro atoms. The van der Waals surface area contributed by atoms with Crippen LogP contribution in [0.25, 0.3) is 33.6 Å². The first-order valence-electron chi connectivity index (χ1n) is 11.2. The normalized spacial score (nSPS) is 11.0. The summed E-state index contributed by atoms with van der Waals surface area (Å²) in [6, 6.07) is 41.2. The van der Waals surface area contributed by atoms with Gasteiger partial charge in [-0.1, -0.05) is 66.7 Å². The molecule has 0 atom stereocenters. The van der Waals surface area contributed by atoms with Gasteiger partial charge in [-0.15, -0.1) is 0 Å². The third-order valence-corrected chi connectivity index (χ3v) is 5.71. The Balaban J connectivity index is 1.72. The van der Waals surface area contributed by atoms with Gasteiger partial charge in [-0.2, -0.15) is 0 Å². The van der Waals surface area contributed by atoms with Crippen LogP contribution < -0.4 is 4.68 Å². The molecule has 0 fully saturated rings. The molecule has 0 saturated heterocycles. The van der Waals surface area contributed by atoms with Crippen LogP contribution in [0.2, 0.25) is 0 Å². The summed E-state index contributed by atoms with van der Waals surface area (Å²) in [6.07, 6.45) is 1.73. The maximum atomic E-state index is 11.0. The Morgan fingerprint density at radius 1 is 0.600 bits per heavy atom. The maximum Gasteiger partial charge on any atom is 0.269 e. The fourth-order valence-electron chi connectivity index (χ4n) is 3.95. The fraction of sp³-hybridized carbons (Fsp3) is 0. The lowest BCUT2D eigenvalue weighted by Crippen LogP contribution is -2.34. The van der Waals surface area contributed by atoms with Crippen molar-refractivity contribution in [3.63, 3.8) is 0 Å². The third-order valence-electron chi connectivity index (χ3n) is 5.71. The monoisotopic (exact) mass is 456 g/mol. The van der Waals surface area contributed by atoms with E-state index in [1.807, 2.05) is 59.3 Å². The van der Waals surface area contributed by atoms with Gasteiger partial charge in [0, 0.05) is 35.4 Å². The highest BCUT2D eigenvalue weighted by Crippen LogP contribution is 2.29. The van der Waals surface area contributed by atoms with Crippen LogP contribution in [0, 0.1) is 10.1 Å². The van der Waals surface area contributed by atoms with Gasteiger partial charge >= 0.3 is 0 Å². The van der Waals surface area contributed by atoms with Crippen LogP contribution in [0.15, 0.2) is 132 Å². The van der Waals surface area contributed by atoms with Crippen molar-refractivity contribution >= 4 is 11.9 Å². The smallest absolute Gasteiger partial charge is 0.258 e. The summed E-state index contributed by atoms with van der Waals surface area (Å²) in [6.45, 7) is 0. The topological polar surface area (TPSA) is 59.4 Å². The minimum absolute atomic E-state index is 0.0527. The molecule has 0 aliphatic rings. The molecule has 0 radical (unpaired) electrons. The summed E-state index contributed by atoms with van der Waals surface area (Å²) >= 11 is 0. The number of nitrogens with zero attached hydrogens (tertiary/aromatic N) is 3. The number of nitro groups is 1. The van der Waals surface area contributed by atoms with Crippen molar-refractivity contribution in [3.05, 3.63) is 143 Å². The first-order valence-corrected chi connectivity index (χ1v) is 11.2. The van der Waals surface area contributed by atoms with Crippen LogP contribution in [0.3, 0.4) is 0 Å². The molecule has 0 bridgehead atoms. The zero-order chi connectivity index (χ0) is 24.0. The Morgan fingerprint density at radius 2 is 1.06 bits per heavy atom. The average Bonchev–Trinajstić information content (AvgIpc) is 2.93. The Bertz CT molecular complexity index is 1420. The molecule has 0 unspecified atom stereocenters. The van der Waals surface area contributed by atoms with Crippen LogP contribution in [0.1, 0.15) is 5.56 Å². The molecule has 168 valence electrons. The lowest BCUT2D eigenvalue weighted by molar-refractivity contribution is -0.656. The van der Waals surface area contributed by atoms with E-state index in [2.05, 4.69) is 48.5 Å². The van der Waals surface area contributed by atoms with Gasteiger partial charge in [0.25, 0.3) is 5.69 Å². The first-order chi connectivity index (χ1) is 17.2. The molecule has 35 heavy (non-hydrogen) atoms. The average molecular weight is 457 g/mol. The summed E-state index contributed by atoms with van der Waals surface area (Å²) in [5, 5.41) is 15.9. The van der Waals surface area contributed by atoms with E-state index < -0.39 is 4.92 Å². The minimum atomic E-state index is -0.404. The van der Waals surface area contributed by atoms with E-state index in [4.69, 9.17) is 5.10 Å². The van der Waals surface area contributed by atoms with E-state index >= 15 is 0 Å². The Labute approximate surface area is 203 Å². The van der Waals surface area contributed by atoms with Gasteiger partial charge in [-0.25, -0.2) is 0 Å². The quantitative estimate of drug-likeness (QED) is 0.123. The van der Waals surface area contributed by atoms with Crippen LogP contribution in [-0.2, 0) is 0 Å². The number of rotatable bonds is 6. The Kier molecular flexibility index (Phi) is 6.22. The molecule has 0 amide bonds. The van der Waals surface area contributed by atoms with Gasteiger partial charge in [-0.3, -0.25) is 10.1 Å². The molecule has 5 heteroatoms. The molecule has 1 heterocycles. The Hall–Kier alpha value is -4.90. The highest BCUT2D eigenvalue weighted by atomic mass is 16.6. The van der Waals surface area contributed by atoms with Crippen molar-refractivity contribution in [2.75, 3.05) is 0 Å². The second kappa shape index (κ2) is 9.93. The number of nitro benzene ring substituents is 1. The molecular formula is C30H22N3O2+. The largest absolute Gasteiger partial charge is 0.269 e. The fourth-order valence-corrected chi connectivity index (χ4v) is 3.95. The van der Waals surface area contributed by atoms with E-state index in [1.165, 1.54) is 12.1 Å². The summed E-state index contributed by atoms with van der Waals surface area (Å²) < 4.78 is 1.93. The predicted molar refractivity (Wildman–Crippen MR) is 139 cm³/mol. The zero-order valence-electron chi connectivity index (χ0n) is 18.9. The van der Waals surface area contributed by atoms with Crippen molar-refractivity contribution in [2.45, 2.75) is 0 Å². The van der Waals surface area contributed by atoms with Gasteiger partial charge in [0.1, 0.15) is 6.21 Å². The molecule has 0 aliphatic heterocycles. The molecule has 0 aliphatic carbocycles. The molecule has 1 aromatic heterocycles. The number of pyridine rings is 1. The number of hydrogen-bond acceptors (Lipinski definition) is 3. The molecule has 4 aromatic carbocycles. The van der Waals surface area contributed by atoms with Crippen molar-refractivity contribution in [3.8, 4) is 33.6 Å². The van der Waals surface area contributed by atoms with Crippen molar-refractivity contribution < 1.29 is 9.60 Å². The van der Waals surface area contributed by atoms with Gasteiger partial charge in [0.2, 0.25) is 11.4 Å². The number of hydrogen-bond donors (Lipinski definition) is 0. The summed E-state index contributed by atoms with van der Waals surface area (Å²) in [5.74, 6) is 0. The van der Waals surface area contributed by atoms with Crippen LogP contribution >= 0.6 is 0 Å². The van der Waals surface area contributed by atoms with Crippen LogP contribution in [-0.4, -0.2) is 11.1 Å². The maximum absolute atomic E-state index is 11.0. The second-order valence-corrected chi connectivity index (χ2v) is 8.02. The number of aromatic nitrogens is 1. The third kappa shape index (κ3) is 4.89. The van der Waals surface area contributed by atoms with E-state index in [0.717, 1.165) is 39.2 Å². The highest BCUT2D eigenvalue weighted by Gasteiger charge is 2.23. The first kappa shape index (κ1) is 21.9. The van der Waals surface area contributed by atoms with Crippen LogP contribution in [0.4, 0.5) is 5.69 Å². The zero-order valence-corrected chi connectivity index (χ0v) is 18.9. The molecule has 5 aromatic rings. The van der Waals surface area contributed by atoms with Gasteiger partial charge in [0.15, 0.2) is 0 Å². The van der Waals surface area contributed by atoms with E-state index in [9.17, 15) is 10.1 Å². The van der Waals surface area contributed by atoms with Crippen molar-refractivity contribution in [1.82, 2.24) is 0 Å². The van der Waals surface area contributed by atoms with Gasteiger partial charge < -0.3 is 0 Å². The SMILES string of the molecule is O=[N+]([O-])c1ccc(C=N[n+]2c(-c3ccccc3)cc(-c3ccccc3)cc2-c2ccccc2)cc1. The van der Waals surface area contributed by atoms with Crippen molar-refractivity contribution in [2.24, 2.45) is 5.10 Å². The number of non-ortho nitro benzene ring substituents is 1. The van der Waals surface area contributed by atoms with Gasteiger partial charge in [0.05, 0.1) is 4.92 Å². The highest BCUT2D eigenvalue weighted by molar-refractivity contribution is 5.80. The summed E-state index contributed by atoms with van der Waals surface area (Å²) in [7, 11) is 0. The second-order valence-electron chi connectivity index (χ2n) is 8.02. The van der Waals surface area contributed by atoms with E-state index in [-0.39, 0.29) is 5.69 Å². The summed E-state index contributed by atoms with van der Waals surface area (Å²) in [5.41, 5.74) is 6.96. The van der Waals surface area contributed by atoms with Crippen molar-refractivity contribution in [1.29, 1.82) is 0 Å². The summed E-state index contributed by atoms with van der Waals surface area (Å²) in [4.78, 5) is 10.6. The molecule has 5 rings (SSSR count). The standard InChI is InChI=1S/C30H22N3O2/c34-33(35)28-18-16-23(17-19-28)22-31-32-29(25-12-6-2-7-13-25)20-27(24-10-4-1-5-11-24)21-30(32)26-14-8-3-9-15-26/h1-22H/q+1.